The van der Waals surface area contributed by atoms with Gasteiger partial charge in [0, 0.05) is 18.7 Å². The van der Waals surface area contributed by atoms with E-state index in [1.165, 1.54) is 23.1 Å². The lowest BCUT2D eigenvalue weighted by Gasteiger charge is -2.20. The van der Waals surface area contributed by atoms with Crippen LogP contribution < -0.4 is 4.90 Å². The van der Waals surface area contributed by atoms with Gasteiger partial charge in [-0.15, -0.1) is 0 Å². The second kappa shape index (κ2) is 4.70. The molecule has 0 bridgehead atoms. The van der Waals surface area contributed by atoms with Gasteiger partial charge in [-0.25, -0.2) is 0 Å². The van der Waals surface area contributed by atoms with Crippen molar-refractivity contribution in [3.05, 3.63) is 33.9 Å². The van der Waals surface area contributed by atoms with E-state index in [-0.39, 0.29) is 11.3 Å². The summed E-state index contributed by atoms with van der Waals surface area (Å²) in [7, 11) is 0. The first-order valence-corrected chi connectivity index (χ1v) is 6.72. The van der Waals surface area contributed by atoms with E-state index in [9.17, 15) is 19.7 Å². The predicted molar refractivity (Wildman–Crippen MR) is 71.7 cm³/mol. The third kappa shape index (κ3) is 1.97. The average molecular weight is 274 g/mol. The molecule has 1 aromatic carbocycles. The molecule has 0 aromatic heterocycles. The molecule has 6 heteroatoms. The van der Waals surface area contributed by atoms with Crippen LogP contribution in [0.1, 0.15) is 36.0 Å². The van der Waals surface area contributed by atoms with Gasteiger partial charge in [0.1, 0.15) is 0 Å². The molecule has 1 heterocycles. The number of non-ortho nitro benzene ring substituents is 1. The molecule has 1 saturated carbocycles. The second-order valence-corrected chi connectivity index (χ2v) is 5.35. The van der Waals surface area contributed by atoms with Crippen molar-refractivity contribution in [1.29, 1.82) is 0 Å². The Kier molecular flexibility index (Phi) is 3.00. The van der Waals surface area contributed by atoms with E-state index in [4.69, 9.17) is 0 Å². The molecule has 20 heavy (non-hydrogen) atoms. The van der Waals surface area contributed by atoms with Crippen LogP contribution >= 0.6 is 0 Å². The van der Waals surface area contributed by atoms with Crippen LogP contribution in [-0.2, 0) is 4.79 Å². The summed E-state index contributed by atoms with van der Waals surface area (Å²) >= 11 is 0. The van der Waals surface area contributed by atoms with E-state index in [1.54, 1.807) is 0 Å². The average Bonchev–Trinajstić information content (AvgIpc) is 3.02. The Morgan fingerprint density at radius 3 is 2.60 bits per heavy atom. The fourth-order valence-electron chi connectivity index (χ4n) is 3.03. The largest absolute Gasteiger partial charge is 0.304 e. The Morgan fingerprint density at radius 1 is 1.25 bits per heavy atom. The van der Waals surface area contributed by atoms with Gasteiger partial charge in [0.05, 0.1) is 16.2 Å². The highest BCUT2D eigenvalue weighted by Gasteiger charge is 2.38. The zero-order valence-electron chi connectivity index (χ0n) is 10.9. The van der Waals surface area contributed by atoms with Crippen LogP contribution in [0.5, 0.6) is 0 Å². The van der Waals surface area contributed by atoms with E-state index in [0.29, 0.717) is 18.2 Å². The zero-order valence-corrected chi connectivity index (χ0v) is 10.9. The van der Waals surface area contributed by atoms with Gasteiger partial charge >= 0.3 is 0 Å². The van der Waals surface area contributed by atoms with Crippen LogP contribution in [-0.4, -0.2) is 23.2 Å². The standard InChI is InChI=1S/C14H14N2O4/c17-13-11-7-10(16(19)20)5-6-12(11)15(14(13)18)8-9-3-1-2-4-9/h5-7,9H,1-4,8H2. The molecule has 6 nitrogen and oxygen atoms in total. The number of nitrogens with zero attached hydrogens (tertiary/aromatic N) is 2. The monoisotopic (exact) mass is 274 g/mol. The maximum absolute atomic E-state index is 12.0. The van der Waals surface area contributed by atoms with Crippen LogP contribution in [0, 0.1) is 16.0 Å². The van der Waals surface area contributed by atoms with Gasteiger partial charge in [-0.1, -0.05) is 12.8 Å². The Hall–Kier alpha value is -2.24. The molecule has 1 aliphatic carbocycles. The van der Waals surface area contributed by atoms with Crippen LogP contribution in [0.4, 0.5) is 11.4 Å². The fourth-order valence-corrected chi connectivity index (χ4v) is 3.03. The number of carbonyl (C=O) groups is 2. The Morgan fingerprint density at radius 2 is 1.95 bits per heavy atom. The lowest BCUT2D eigenvalue weighted by Crippen LogP contribution is -2.33. The maximum Gasteiger partial charge on any atom is 0.299 e. The van der Waals surface area contributed by atoms with Gasteiger partial charge in [0.15, 0.2) is 0 Å². The Bertz CT molecular complexity index is 605. The highest BCUT2D eigenvalue weighted by atomic mass is 16.6. The molecule has 2 aliphatic rings. The van der Waals surface area contributed by atoms with Gasteiger partial charge in [-0.05, 0) is 24.8 Å². The number of ketones is 1. The van der Waals surface area contributed by atoms with Gasteiger partial charge < -0.3 is 4.90 Å². The molecule has 0 atom stereocenters. The molecular weight excluding hydrogens is 260 g/mol. The Labute approximate surface area is 115 Å². The van der Waals surface area contributed by atoms with E-state index in [2.05, 4.69) is 0 Å². The van der Waals surface area contributed by atoms with E-state index in [0.717, 1.165) is 25.7 Å². The van der Waals surface area contributed by atoms with Crippen LogP contribution in [0.2, 0.25) is 0 Å². The molecule has 0 radical (unpaired) electrons. The van der Waals surface area contributed by atoms with Crippen molar-refractivity contribution in [3.8, 4) is 0 Å². The minimum absolute atomic E-state index is 0.155. The maximum atomic E-state index is 12.0. The molecule has 1 amide bonds. The number of rotatable bonds is 3. The number of hydrogen-bond acceptors (Lipinski definition) is 4. The fraction of sp³-hybridized carbons (Fsp3) is 0.429. The molecule has 1 aromatic rings. The van der Waals surface area contributed by atoms with E-state index in [1.807, 2.05) is 0 Å². The number of anilines is 1. The lowest BCUT2D eigenvalue weighted by molar-refractivity contribution is -0.384. The van der Waals surface area contributed by atoms with Crippen LogP contribution in [0.3, 0.4) is 0 Å². The van der Waals surface area contributed by atoms with Crippen molar-refractivity contribution in [2.75, 3.05) is 11.4 Å². The van der Waals surface area contributed by atoms with Crippen LogP contribution in [0.15, 0.2) is 18.2 Å². The minimum Gasteiger partial charge on any atom is -0.304 e. The van der Waals surface area contributed by atoms with Gasteiger partial charge in [0.2, 0.25) is 0 Å². The number of Topliss-reactive ketones (excluding diaryl/α,β-unsaturated/α-hetero) is 1. The first-order chi connectivity index (χ1) is 9.58. The van der Waals surface area contributed by atoms with Crippen molar-refractivity contribution in [3.63, 3.8) is 0 Å². The normalized spacial score (nSPS) is 18.7. The highest BCUT2D eigenvalue weighted by molar-refractivity contribution is 6.52. The van der Waals surface area contributed by atoms with Crippen molar-refractivity contribution in [1.82, 2.24) is 0 Å². The van der Waals surface area contributed by atoms with Crippen molar-refractivity contribution in [2.24, 2.45) is 5.92 Å². The van der Waals surface area contributed by atoms with E-state index < -0.39 is 16.6 Å². The lowest BCUT2D eigenvalue weighted by atomic mass is 10.1. The van der Waals surface area contributed by atoms with Crippen molar-refractivity contribution < 1.29 is 14.5 Å². The predicted octanol–water partition coefficient (Wildman–Crippen LogP) is 2.31. The molecular formula is C14H14N2O4. The summed E-state index contributed by atoms with van der Waals surface area (Å²) in [6, 6.07) is 4.04. The summed E-state index contributed by atoms with van der Waals surface area (Å²) in [6.45, 7) is 0.537. The van der Waals surface area contributed by atoms with E-state index >= 15 is 0 Å². The molecule has 1 fully saturated rings. The number of amides is 1. The molecule has 0 spiro atoms. The van der Waals surface area contributed by atoms with Gasteiger partial charge in [-0.2, -0.15) is 0 Å². The number of carbonyl (C=O) groups excluding carboxylic acids is 2. The second-order valence-electron chi connectivity index (χ2n) is 5.35. The molecule has 0 unspecified atom stereocenters. The summed E-state index contributed by atoms with van der Waals surface area (Å²) in [5, 5.41) is 10.7. The summed E-state index contributed by atoms with van der Waals surface area (Å²) in [5.74, 6) is -0.776. The number of hydrogen-bond donors (Lipinski definition) is 0. The molecule has 1 aliphatic heterocycles. The topological polar surface area (TPSA) is 80.5 Å². The summed E-state index contributed by atoms with van der Waals surface area (Å²) < 4.78 is 0. The Balaban J connectivity index is 1.93. The van der Waals surface area contributed by atoms with Gasteiger partial charge in [0.25, 0.3) is 17.4 Å². The van der Waals surface area contributed by atoms with Gasteiger partial charge in [-0.3, -0.25) is 19.7 Å². The molecule has 104 valence electrons. The number of fused-ring (bicyclic) bond motifs is 1. The summed E-state index contributed by atoms with van der Waals surface area (Å²) in [4.78, 5) is 35.6. The third-order valence-corrected chi connectivity index (χ3v) is 4.08. The van der Waals surface area contributed by atoms with Crippen LogP contribution in [0.25, 0.3) is 0 Å². The smallest absolute Gasteiger partial charge is 0.299 e. The quantitative estimate of drug-likeness (QED) is 0.481. The molecule has 0 saturated heterocycles. The van der Waals surface area contributed by atoms with Crippen molar-refractivity contribution >= 4 is 23.1 Å². The molecule has 0 N–H and O–H groups in total. The number of nitro benzene ring substituents is 1. The number of nitro groups is 1. The zero-order chi connectivity index (χ0) is 14.3. The molecule has 3 rings (SSSR count). The third-order valence-electron chi connectivity index (χ3n) is 4.08. The summed E-state index contributed by atoms with van der Waals surface area (Å²) in [6.07, 6.45) is 4.46. The first kappa shape index (κ1) is 12.8. The minimum atomic E-state index is -0.637. The number of benzene rings is 1. The first-order valence-electron chi connectivity index (χ1n) is 6.72. The SMILES string of the molecule is O=C1C(=O)N(CC2CCCC2)c2ccc([N+](=O)[O-])cc21. The highest BCUT2D eigenvalue weighted by Crippen LogP contribution is 2.35. The summed E-state index contributed by atoms with van der Waals surface area (Å²) in [5.41, 5.74) is 0.507. The van der Waals surface area contributed by atoms with Crippen molar-refractivity contribution in [2.45, 2.75) is 25.7 Å².